The number of carbonyl (C=O) groups is 1. The van der Waals surface area contributed by atoms with Crippen LogP contribution in [0.2, 0.25) is 0 Å². The molecule has 30 heavy (non-hydrogen) atoms. The van der Waals surface area contributed by atoms with E-state index in [1.54, 1.807) is 12.1 Å². The molecular formula is C21H24F3NO5. The predicted molar refractivity (Wildman–Crippen MR) is 106 cm³/mol. The Labute approximate surface area is 172 Å². The number of ether oxygens (including phenoxy) is 4. The Hall–Kier alpha value is -3.10. The first-order valence-electron chi connectivity index (χ1n) is 9.44. The SMILES string of the molecule is CCOc1cc(C(=O)Nc2ccc(OCC(F)(F)F)cc2)cc(OCC)c1OCC. The molecule has 0 heterocycles. The Balaban J connectivity index is 2.19. The fourth-order valence-electron chi connectivity index (χ4n) is 2.52. The van der Waals surface area contributed by atoms with Gasteiger partial charge in [0.05, 0.1) is 19.8 Å². The minimum Gasteiger partial charge on any atom is -0.490 e. The van der Waals surface area contributed by atoms with E-state index >= 15 is 0 Å². The maximum atomic E-state index is 12.7. The summed E-state index contributed by atoms with van der Waals surface area (Å²) in [7, 11) is 0. The van der Waals surface area contributed by atoms with E-state index in [2.05, 4.69) is 10.1 Å². The van der Waals surface area contributed by atoms with Crippen molar-refractivity contribution in [2.75, 3.05) is 31.7 Å². The van der Waals surface area contributed by atoms with Gasteiger partial charge < -0.3 is 24.3 Å². The molecule has 6 nitrogen and oxygen atoms in total. The van der Waals surface area contributed by atoms with E-state index in [1.807, 2.05) is 20.8 Å². The van der Waals surface area contributed by atoms with E-state index < -0.39 is 18.7 Å². The van der Waals surface area contributed by atoms with Crippen LogP contribution in [0.25, 0.3) is 0 Å². The number of hydrogen-bond acceptors (Lipinski definition) is 5. The summed E-state index contributed by atoms with van der Waals surface area (Å²) in [5.41, 5.74) is 0.673. The Kier molecular flexibility index (Phi) is 8.20. The Morgan fingerprint density at radius 1 is 0.867 bits per heavy atom. The summed E-state index contributed by atoms with van der Waals surface area (Å²) >= 11 is 0. The third-order valence-corrected chi connectivity index (χ3v) is 3.69. The molecule has 0 saturated carbocycles. The molecular weight excluding hydrogens is 403 g/mol. The molecule has 2 aromatic rings. The van der Waals surface area contributed by atoms with Crippen LogP contribution in [0.1, 0.15) is 31.1 Å². The lowest BCUT2D eigenvalue weighted by Crippen LogP contribution is -2.19. The molecule has 0 aliphatic rings. The van der Waals surface area contributed by atoms with Crippen molar-refractivity contribution in [3.05, 3.63) is 42.0 Å². The largest absolute Gasteiger partial charge is 0.490 e. The van der Waals surface area contributed by atoms with Crippen LogP contribution in [0.3, 0.4) is 0 Å². The normalized spacial score (nSPS) is 11.0. The van der Waals surface area contributed by atoms with Crippen molar-refractivity contribution >= 4 is 11.6 Å². The molecule has 2 aromatic carbocycles. The zero-order chi connectivity index (χ0) is 22.1. The number of alkyl halides is 3. The van der Waals surface area contributed by atoms with E-state index in [9.17, 15) is 18.0 Å². The van der Waals surface area contributed by atoms with Crippen LogP contribution >= 0.6 is 0 Å². The van der Waals surface area contributed by atoms with Crippen molar-refractivity contribution in [2.45, 2.75) is 26.9 Å². The van der Waals surface area contributed by atoms with Crippen molar-refractivity contribution in [3.8, 4) is 23.0 Å². The van der Waals surface area contributed by atoms with Crippen molar-refractivity contribution in [1.29, 1.82) is 0 Å². The van der Waals surface area contributed by atoms with E-state index in [0.717, 1.165) is 0 Å². The minimum atomic E-state index is -4.42. The van der Waals surface area contributed by atoms with Gasteiger partial charge in [-0.3, -0.25) is 4.79 Å². The highest BCUT2D eigenvalue weighted by atomic mass is 19.4. The molecule has 9 heteroatoms. The number of hydrogen-bond donors (Lipinski definition) is 1. The fourth-order valence-corrected chi connectivity index (χ4v) is 2.52. The van der Waals surface area contributed by atoms with Crippen molar-refractivity contribution in [2.24, 2.45) is 0 Å². The van der Waals surface area contributed by atoms with E-state index in [-0.39, 0.29) is 11.3 Å². The molecule has 0 radical (unpaired) electrons. The Morgan fingerprint density at radius 2 is 1.40 bits per heavy atom. The van der Waals surface area contributed by atoms with Crippen LogP contribution in [0.5, 0.6) is 23.0 Å². The lowest BCUT2D eigenvalue weighted by Gasteiger charge is -2.17. The van der Waals surface area contributed by atoms with E-state index in [4.69, 9.17) is 14.2 Å². The maximum Gasteiger partial charge on any atom is 0.422 e. The van der Waals surface area contributed by atoms with Crippen molar-refractivity contribution in [1.82, 2.24) is 0 Å². The summed E-state index contributed by atoms with van der Waals surface area (Å²) in [5, 5.41) is 2.68. The van der Waals surface area contributed by atoms with Gasteiger partial charge in [-0.2, -0.15) is 13.2 Å². The minimum absolute atomic E-state index is 0.0451. The second-order valence-electron chi connectivity index (χ2n) is 5.98. The zero-order valence-corrected chi connectivity index (χ0v) is 17.0. The summed E-state index contributed by atoms with van der Waals surface area (Å²) in [6, 6.07) is 8.68. The quantitative estimate of drug-likeness (QED) is 0.573. The van der Waals surface area contributed by atoms with Crippen LogP contribution in [0.4, 0.5) is 18.9 Å². The van der Waals surface area contributed by atoms with Crippen LogP contribution in [0, 0.1) is 0 Å². The van der Waals surface area contributed by atoms with Gasteiger partial charge in [-0.1, -0.05) is 0 Å². The van der Waals surface area contributed by atoms with Gasteiger partial charge in [-0.25, -0.2) is 0 Å². The number of halogens is 3. The molecule has 0 unspecified atom stereocenters. The standard InChI is InChI=1S/C21H24F3NO5/c1-4-27-17-11-14(12-18(28-5-2)19(17)29-6-3)20(26)25-15-7-9-16(10-8-15)30-13-21(22,23)24/h7-12H,4-6,13H2,1-3H3,(H,25,26). The van der Waals surface area contributed by atoms with Crippen LogP contribution in [-0.4, -0.2) is 38.5 Å². The Bertz CT molecular complexity index is 811. The van der Waals surface area contributed by atoms with E-state index in [1.165, 1.54) is 24.3 Å². The topological polar surface area (TPSA) is 66.0 Å². The van der Waals surface area contributed by atoms with Gasteiger partial charge in [0.2, 0.25) is 5.75 Å². The number of amides is 1. The average Bonchev–Trinajstić information content (AvgIpc) is 2.69. The molecule has 0 saturated heterocycles. The molecule has 0 aliphatic carbocycles. The molecule has 0 aromatic heterocycles. The van der Waals surface area contributed by atoms with Gasteiger partial charge in [0.1, 0.15) is 5.75 Å². The summed E-state index contributed by atoms with van der Waals surface area (Å²) in [4.78, 5) is 12.7. The van der Waals surface area contributed by atoms with Crippen LogP contribution < -0.4 is 24.3 Å². The van der Waals surface area contributed by atoms with Gasteiger partial charge in [0, 0.05) is 11.3 Å². The number of nitrogens with one attached hydrogen (secondary N) is 1. The molecule has 0 spiro atoms. The molecule has 1 amide bonds. The molecule has 0 fully saturated rings. The first-order valence-corrected chi connectivity index (χ1v) is 9.44. The number of rotatable bonds is 10. The molecule has 0 aliphatic heterocycles. The molecule has 1 N–H and O–H groups in total. The third-order valence-electron chi connectivity index (χ3n) is 3.69. The Morgan fingerprint density at radius 3 is 1.87 bits per heavy atom. The summed E-state index contributed by atoms with van der Waals surface area (Å²) in [5.74, 6) is 0.786. The first-order chi connectivity index (χ1) is 14.3. The summed E-state index contributed by atoms with van der Waals surface area (Å²) in [6.45, 7) is 5.20. The lowest BCUT2D eigenvalue weighted by atomic mass is 10.1. The van der Waals surface area contributed by atoms with E-state index in [0.29, 0.717) is 42.8 Å². The van der Waals surface area contributed by atoms with Gasteiger partial charge in [-0.05, 0) is 57.2 Å². The van der Waals surface area contributed by atoms with Crippen LogP contribution in [0.15, 0.2) is 36.4 Å². The molecule has 2 rings (SSSR count). The molecule has 0 bridgehead atoms. The zero-order valence-electron chi connectivity index (χ0n) is 17.0. The number of carbonyl (C=O) groups excluding carboxylic acids is 1. The van der Waals surface area contributed by atoms with Crippen LogP contribution in [-0.2, 0) is 0 Å². The second kappa shape index (κ2) is 10.6. The van der Waals surface area contributed by atoms with Gasteiger partial charge in [0.25, 0.3) is 5.91 Å². The van der Waals surface area contributed by atoms with Gasteiger partial charge in [0.15, 0.2) is 18.1 Å². The van der Waals surface area contributed by atoms with Gasteiger partial charge >= 0.3 is 6.18 Å². The second-order valence-corrected chi connectivity index (χ2v) is 5.98. The van der Waals surface area contributed by atoms with Crippen molar-refractivity contribution in [3.63, 3.8) is 0 Å². The highest BCUT2D eigenvalue weighted by molar-refractivity contribution is 6.05. The molecule has 0 atom stereocenters. The lowest BCUT2D eigenvalue weighted by molar-refractivity contribution is -0.153. The number of benzene rings is 2. The molecule has 164 valence electrons. The first kappa shape index (κ1) is 23.2. The highest BCUT2D eigenvalue weighted by Gasteiger charge is 2.28. The summed E-state index contributed by atoms with van der Waals surface area (Å²) in [6.07, 6.45) is -4.42. The number of anilines is 1. The monoisotopic (exact) mass is 427 g/mol. The van der Waals surface area contributed by atoms with Crippen molar-refractivity contribution < 1.29 is 36.9 Å². The average molecular weight is 427 g/mol. The third kappa shape index (κ3) is 6.75. The van der Waals surface area contributed by atoms with Gasteiger partial charge in [-0.15, -0.1) is 0 Å². The maximum absolute atomic E-state index is 12.7. The fraction of sp³-hybridized carbons (Fsp3) is 0.381. The predicted octanol–water partition coefficient (Wildman–Crippen LogP) is 5.08. The summed E-state index contributed by atoms with van der Waals surface area (Å²) < 4.78 is 58.1. The smallest absolute Gasteiger partial charge is 0.422 e. The highest BCUT2D eigenvalue weighted by Crippen LogP contribution is 2.39.